The highest BCUT2D eigenvalue weighted by Gasteiger charge is 2.12. The van der Waals surface area contributed by atoms with Crippen molar-refractivity contribution >= 4 is 0 Å². The Hall–Kier alpha value is -0.0400. The minimum absolute atomic E-state index is 0.764. The van der Waals surface area contributed by atoms with Gasteiger partial charge in [0.25, 0.3) is 0 Å². The summed E-state index contributed by atoms with van der Waals surface area (Å²) >= 11 is 0. The number of hydrogen-bond donors (Lipinski definition) is 1. The molecule has 7 heavy (non-hydrogen) atoms. The molecule has 1 atom stereocenters. The molecule has 1 rings (SSSR count). The van der Waals surface area contributed by atoms with Crippen molar-refractivity contribution in [1.29, 1.82) is 0 Å². The molecule has 40 valence electrons. The molecule has 0 saturated heterocycles. The van der Waals surface area contributed by atoms with Crippen LogP contribution in [-0.4, -0.2) is 6.54 Å². The predicted octanol–water partition coefficient (Wildman–Crippen LogP) is 0.826. The fourth-order valence-electron chi connectivity index (χ4n) is 0.916. The number of hydrogen-bond acceptors (Lipinski definition) is 1. The van der Waals surface area contributed by atoms with E-state index in [0.717, 1.165) is 18.9 Å². The first kappa shape index (κ1) is 5.10. The molecule has 0 bridgehead atoms. The zero-order valence-corrected chi connectivity index (χ0v) is 4.48. The maximum atomic E-state index is 5.39. The summed E-state index contributed by atoms with van der Waals surface area (Å²) in [6, 6.07) is 0. The smallest absolute Gasteiger partial charge is 0.00486 e. The second kappa shape index (κ2) is 2.31. The molecule has 0 aromatic heterocycles. The van der Waals surface area contributed by atoms with Gasteiger partial charge in [-0.05, 0) is 38.1 Å². The first-order chi connectivity index (χ1) is 3.43. The molecule has 0 aliphatic heterocycles. The van der Waals surface area contributed by atoms with Crippen LogP contribution in [-0.2, 0) is 0 Å². The van der Waals surface area contributed by atoms with E-state index < -0.39 is 0 Å². The average Bonchev–Trinajstić information content (AvgIpc) is 2.14. The van der Waals surface area contributed by atoms with Gasteiger partial charge in [0, 0.05) is 0 Å². The summed E-state index contributed by atoms with van der Waals surface area (Å²) in [6.07, 6.45) is 6.82. The summed E-state index contributed by atoms with van der Waals surface area (Å²) < 4.78 is 0. The van der Waals surface area contributed by atoms with E-state index in [1.807, 2.05) is 0 Å². The van der Waals surface area contributed by atoms with Gasteiger partial charge < -0.3 is 5.73 Å². The lowest BCUT2D eigenvalue weighted by Gasteiger charge is -1.99. The van der Waals surface area contributed by atoms with Crippen LogP contribution in [0.25, 0.3) is 0 Å². The standard InChI is InChI=1S/C6H11N/c7-5-6-3-1-2-4-6/h6H,1,3-5,7H2. The van der Waals surface area contributed by atoms with E-state index in [1.54, 1.807) is 0 Å². The van der Waals surface area contributed by atoms with E-state index in [2.05, 4.69) is 6.42 Å². The first-order valence-corrected chi connectivity index (χ1v) is 2.84. The lowest BCUT2D eigenvalue weighted by atomic mass is 10.1. The van der Waals surface area contributed by atoms with Crippen molar-refractivity contribution in [3.8, 4) is 0 Å². The Bertz CT molecular complexity index is 46.1. The van der Waals surface area contributed by atoms with Crippen molar-refractivity contribution in [2.24, 2.45) is 11.7 Å². The van der Waals surface area contributed by atoms with Crippen LogP contribution < -0.4 is 5.73 Å². The summed E-state index contributed by atoms with van der Waals surface area (Å²) in [5.74, 6) is 0.764. The minimum atomic E-state index is 0.764. The normalized spacial score (nSPS) is 23.6. The van der Waals surface area contributed by atoms with Crippen LogP contribution in [0.2, 0.25) is 0 Å². The van der Waals surface area contributed by atoms with Gasteiger partial charge in [0.05, 0.1) is 0 Å². The molecule has 1 aliphatic rings. The van der Waals surface area contributed by atoms with Crippen LogP contribution in [0.3, 0.4) is 0 Å². The molecule has 1 nitrogen and oxygen atoms in total. The van der Waals surface area contributed by atoms with Gasteiger partial charge in [0.1, 0.15) is 0 Å². The topological polar surface area (TPSA) is 26.0 Å². The Balaban J connectivity index is 2.14. The van der Waals surface area contributed by atoms with Gasteiger partial charge in [-0.2, -0.15) is 0 Å². The van der Waals surface area contributed by atoms with Crippen LogP contribution in [0.4, 0.5) is 0 Å². The second-order valence-electron chi connectivity index (χ2n) is 2.09. The third-order valence-corrected chi connectivity index (χ3v) is 1.50. The molecule has 1 saturated carbocycles. The summed E-state index contributed by atoms with van der Waals surface area (Å²) in [6.45, 7) is 0.854. The van der Waals surface area contributed by atoms with Crippen LogP contribution in [0.5, 0.6) is 0 Å². The van der Waals surface area contributed by atoms with Crippen molar-refractivity contribution in [3.05, 3.63) is 6.42 Å². The molecule has 1 unspecified atom stereocenters. The highest BCUT2D eigenvalue weighted by Crippen LogP contribution is 2.21. The quantitative estimate of drug-likeness (QED) is 0.515. The van der Waals surface area contributed by atoms with E-state index in [1.165, 1.54) is 12.8 Å². The third-order valence-electron chi connectivity index (χ3n) is 1.50. The molecular weight excluding hydrogens is 86.1 g/mol. The molecule has 2 N–H and O–H groups in total. The van der Waals surface area contributed by atoms with Crippen molar-refractivity contribution in [2.75, 3.05) is 6.54 Å². The van der Waals surface area contributed by atoms with Gasteiger partial charge in [-0.1, -0.05) is 0 Å². The van der Waals surface area contributed by atoms with Gasteiger partial charge in [0.15, 0.2) is 0 Å². The fraction of sp³-hybridized carbons (Fsp3) is 0.833. The van der Waals surface area contributed by atoms with Crippen LogP contribution >= 0.6 is 0 Å². The molecule has 0 aromatic rings. The number of rotatable bonds is 1. The second-order valence-corrected chi connectivity index (χ2v) is 2.09. The molecule has 1 aliphatic carbocycles. The van der Waals surface area contributed by atoms with E-state index in [-0.39, 0.29) is 0 Å². The predicted molar refractivity (Wildman–Crippen MR) is 29.6 cm³/mol. The molecule has 0 spiro atoms. The van der Waals surface area contributed by atoms with Crippen molar-refractivity contribution in [1.82, 2.24) is 0 Å². The maximum Gasteiger partial charge on any atom is -0.00486 e. The molecule has 0 aromatic carbocycles. The highest BCUT2D eigenvalue weighted by atomic mass is 14.5. The number of nitrogens with two attached hydrogens (primary N) is 1. The molecule has 1 fully saturated rings. The lowest BCUT2D eigenvalue weighted by Crippen LogP contribution is -2.09. The molecule has 2 radical (unpaired) electrons. The van der Waals surface area contributed by atoms with E-state index in [0.29, 0.717) is 0 Å². The summed E-state index contributed by atoms with van der Waals surface area (Å²) in [5, 5.41) is 0. The SMILES string of the molecule is NCC1C[C]CC1. The first-order valence-electron chi connectivity index (χ1n) is 2.84. The van der Waals surface area contributed by atoms with Crippen molar-refractivity contribution in [2.45, 2.75) is 19.3 Å². The minimum Gasteiger partial charge on any atom is -0.330 e. The van der Waals surface area contributed by atoms with Crippen LogP contribution in [0.15, 0.2) is 0 Å². The van der Waals surface area contributed by atoms with Crippen LogP contribution in [0.1, 0.15) is 19.3 Å². The van der Waals surface area contributed by atoms with Gasteiger partial charge in [-0.15, -0.1) is 0 Å². The Morgan fingerprint density at radius 3 is 2.86 bits per heavy atom. The maximum absolute atomic E-state index is 5.39. The Kier molecular flexibility index (Phi) is 1.69. The zero-order valence-electron chi connectivity index (χ0n) is 4.48. The zero-order chi connectivity index (χ0) is 5.11. The van der Waals surface area contributed by atoms with Gasteiger partial charge >= 0.3 is 0 Å². The van der Waals surface area contributed by atoms with E-state index >= 15 is 0 Å². The highest BCUT2D eigenvalue weighted by molar-refractivity contribution is 4.80. The molecule has 0 heterocycles. The summed E-state index contributed by atoms with van der Waals surface area (Å²) in [7, 11) is 0. The lowest BCUT2D eigenvalue weighted by molar-refractivity contribution is 0.569. The van der Waals surface area contributed by atoms with E-state index in [9.17, 15) is 0 Å². The summed E-state index contributed by atoms with van der Waals surface area (Å²) in [4.78, 5) is 0. The Morgan fingerprint density at radius 1 is 1.71 bits per heavy atom. The largest absolute Gasteiger partial charge is 0.330 e. The van der Waals surface area contributed by atoms with Crippen molar-refractivity contribution < 1.29 is 0 Å². The van der Waals surface area contributed by atoms with Crippen LogP contribution in [0, 0.1) is 12.3 Å². The van der Waals surface area contributed by atoms with E-state index in [4.69, 9.17) is 5.73 Å². The Morgan fingerprint density at radius 2 is 2.57 bits per heavy atom. The van der Waals surface area contributed by atoms with Gasteiger partial charge in [-0.3, -0.25) is 0 Å². The third kappa shape index (κ3) is 1.16. The summed E-state index contributed by atoms with van der Waals surface area (Å²) in [5.41, 5.74) is 5.39. The average molecular weight is 97.2 g/mol. The molecule has 1 heteroatoms. The Labute approximate surface area is 44.9 Å². The molecule has 0 amide bonds. The van der Waals surface area contributed by atoms with Crippen molar-refractivity contribution in [3.63, 3.8) is 0 Å². The fourth-order valence-corrected chi connectivity index (χ4v) is 0.916. The van der Waals surface area contributed by atoms with Gasteiger partial charge in [0.2, 0.25) is 0 Å². The van der Waals surface area contributed by atoms with Gasteiger partial charge in [-0.25, -0.2) is 0 Å². The molecular formula is C6H11N. The monoisotopic (exact) mass is 97.1 g/mol.